The molecule has 2 nitrogen and oxygen atoms in total. The molecule has 0 saturated heterocycles. The summed E-state index contributed by atoms with van der Waals surface area (Å²) in [6.45, 7) is 0. The van der Waals surface area contributed by atoms with E-state index < -0.39 is 23.2 Å². The van der Waals surface area contributed by atoms with Crippen LogP contribution in [0.1, 0.15) is 15.9 Å². The summed E-state index contributed by atoms with van der Waals surface area (Å²) in [5, 5.41) is 0. The molecule has 6 heteroatoms. The van der Waals surface area contributed by atoms with Gasteiger partial charge in [0.1, 0.15) is 5.82 Å². The maximum atomic E-state index is 13.2. The molecule has 0 aliphatic heterocycles. The van der Waals surface area contributed by atoms with Crippen molar-refractivity contribution >= 4 is 27.4 Å². The summed E-state index contributed by atoms with van der Waals surface area (Å²) >= 11 is 3.03. The molecule has 0 aliphatic carbocycles. The third kappa shape index (κ3) is 2.63. The zero-order valence-electron chi connectivity index (χ0n) is 9.38. The highest BCUT2D eigenvalue weighted by atomic mass is 79.9. The lowest BCUT2D eigenvalue weighted by Gasteiger charge is -2.06. The lowest BCUT2D eigenvalue weighted by molar-refractivity contribution is 0.103. The molecule has 2 rings (SSSR count). The fourth-order valence-electron chi connectivity index (χ4n) is 1.53. The second kappa shape index (κ2) is 5.05. The van der Waals surface area contributed by atoms with Crippen LogP contribution in [-0.4, -0.2) is 5.78 Å². The normalized spacial score (nSPS) is 10.5. The van der Waals surface area contributed by atoms with Crippen LogP contribution in [-0.2, 0) is 0 Å². The summed E-state index contributed by atoms with van der Waals surface area (Å²) in [6.07, 6.45) is 0. The number of carbonyl (C=O) groups excluding carboxylic acids is 1. The van der Waals surface area contributed by atoms with Crippen molar-refractivity contribution in [3.63, 3.8) is 0 Å². The van der Waals surface area contributed by atoms with Crippen LogP contribution >= 0.6 is 15.9 Å². The second-order valence-corrected chi connectivity index (χ2v) is 4.67. The van der Waals surface area contributed by atoms with E-state index in [4.69, 9.17) is 5.73 Å². The van der Waals surface area contributed by atoms with Crippen molar-refractivity contribution in [3.8, 4) is 0 Å². The standard InChI is InChI=1S/C13H7BrF3NO/c14-8-5-11(17)12(18)4-7(8)13(19)6-1-2-9(15)10(16)3-6/h1-5H,18H2. The Hall–Kier alpha value is -1.82. The van der Waals surface area contributed by atoms with E-state index in [-0.39, 0.29) is 21.3 Å². The van der Waals surface area contributed by atoms with Crippen LogP contribution in [0.15, 0.2) is 34.8 Å². The van der Waals surface area contributed by atoms with Crippen molar-refractivity contribution in [2.75, 3.05) is 5.73 Å². The van der Waals surface area contributed by atoms with Crippen LogP contribution in [0.25, 0.3) is 0 Å². The summed E-state index contributed by atoms with van der Waals surface area (Å²) < 4.78 is 39.2. The number of hydrogen-bond donors (Lipinski definition) is 1. The van der Waals surface area contributed by atoms with Crippen LogP contribution in [0.2, 0.25) is 0 Å². The number of carbonyl (C=O) groups is 1. The first kappa shape index (κ1) is 13.6. The van der Waals surface area contributed by atoms with Gasteiger partial charge in [-0.25, -0.2) is 13.2 Å². The van der Waals surface area contributed by atoms with E-state index in [0.717, 1.165) is 30.3 Å². The summed E-state index contributed by atoms with van der Waals surface area (Å²) in [5.41, 5.74) is 5.20. The molecule has 0 aliphatic rings. The van der Waals surface area contributed by atoms with Gasteiger partial charge < -0.3 is 5.73 Å². The Morgan fingerprint density at radius 3 is 2.32 bits per heavy atom. The zero-order chi connectivity index (χ0) is 14.2. The number of ketones is 1. The Morgan fingerprint density at radius 2 is 1.68 bits per heavy atom. The molecule has 0 heterocycles. The van der Waals surface area contributed by atoms with E-state index in [2.05, 4.69) is 15.9 Å². The molecule has 0 fully saturated rings. The highest BCUT2D eigenvalue weighted by Gasteiger charge is 2.16. The SMILES string of the molecule is Nc1cc(C(=O)c2ccc(F)c(F)c2)c(Br)cc1F. The Kier molecular flexibility index (Phi) is 3.61. The van der Waals surface area contributed by atoms with E-state index in [1.54, 1.807) is 0 Å². The molecule has 2 N–H and O–H groups in total. The molecule has 2 aromatic carbocycles. The first-order chi connectivity index (χ1) is 8.90. The predicted octanol–water partition coefficient (Wildman–Crippen LogP) is 3.68. The number of rotatable bonds is 2. The van der Waals surface area contributed by atoms with Crippen molar-refractivity contribution in [1.29, 1.82) is 0 Å². The molecule has 0 saturated carbocycles. The van der Waals surface area contributed by atoms with Crippen molar-refractivity contribution < 1.29 is 18.0 Å². The lowest BCUT2D eigenvalue weighted by atomic mass is 10.0. The van der Waals surface area contributed by atoms with Gasteiger partial charge in [-0.05, 0) is 46.3 Å². The van der Waals surface area contributed by atoms with E-state index >= 15 is 0 Å². The van der Waals surface area contributed by atoms with Crippen LogP contribution in [0.5, 0.6) is 0 Å². The Labute approximate surface area is 115 Å². The predicted molar refractivity (Wildman–Crippen MR) is 68.3 cm³/mol. The molecule has 19 heavy (non-hydrogen) atoms. The van der Waals surface area contributed by atoms with Gasteiger partial charge in [0, 0.05) is 15.6 Å². The minimum absolute atomic E-state index is 0.0504. The summed E-state index contributed by atoms with van der Waals surface area (Å²) in [4.78, 5) is 12.1. The summed E-state index contributed by atoms with van der Waals surface area (Å²) in [6, 6.07) is 4.96. The van der Waals surface area contributed by atoms with Crippen LogP contribution in [0, 0.1) is 17.5 Å². The maximum absolute atomic E-state index is 13.2. The molecule has 0 atom stereocenters. The van der Waals surface area contributed by atoms with Crippen molar-refractivity contribution in [3.05, 3.63) is 63.4 Å². The Bertz CT molecular complexity index is 673. The third-order valence-electron chi connectivity index (χ3n) is 2.51. The molecule has 0 spiro atoms. The highest BCUT2D eigenvalue weighted by molar-refractivity contribution is 9.10. The molecule has 0 radical (unpaired) electrons. The average Bonchev–Trinajstić information content (AvgIpc) is 2.36. The van der Waals surface area contributed by atoms with Gasteiger partial charge in [-0.3, -0.25) is 4.79 Å². The van der Waals surface area contributed by atoms with Crippen molar-refractivity contribution in [2.24, 2.45) is 0 Å². The molecule has 2 aromatic rings. The van der Waals surface area contributed by atoms with Crippen LogP contribution < -0.4 is 5.73 Å². The molecule has 0 aromatic heterocycles. The highest BCUT2D eigenvalue weighted by Crippen LogP contribution is 2.25. The first-order valence-corrected chi connectivity index (χ1v) is 5.93. The summed E-state index contributed by atoms with van der Waals surface area (Å²) in [7, 11) is 0. The van der Waals surface area contributed by atoms with Gasteiger partial charge in [0.25, 0.3) is 0 Å². The van der Waals surface area contributed by atoms with E-state index in [9.17, 15) is 18.0 Å². The van der Waals surface area contributed by atoms with Gasteiger partial charge in [0.15, 0.2) is 17.4 Å². The fraction of sp³-hybridized carbons (Fsp3) is 0. The smallest absolute Gasteiger partial charge is 0.194 e. The number of anilines is 1. The van der Waals surface area contributed by atoms with E-state index in [0.29, 0.717) is 0 Å². The number of halogens is 4. The maximum Gasteiger partial charge on any atom is 0.194 e. The van der Waals surface area contributed by atoms with Gasteiger partial charge in [0.05, 0.1) is 5.69 Å². The van der Waals surface area contributed by atoms with Crippen molar-refractivity contribution in [2.45, 2.75) is 0 Å². The topological polar surface area (TPSA) is 43.1 Å². The summed E-state index contributed by atoms with van der Waals surface area (Å²) in [5.74, 6) is -3.43. The number of hydrogen-bond acceptors (Lipinski definition) is 2. The second-order valence-electron chi connectivity index (χ2n) is 3.81. The number of benzene rings is 2. The number of nitrogens with two attached hydrogens (primary N) is 1. The molecular formula is C13H7BrF3NO. The van der Waals surface area contributed by atoms with E-state index in [1.807, 2.05) is 0 Å². The largest absolute Gasteiger partial charge is 0.396 e. The first-order valence-electron chi connectivity index (χ1n) is 5.14. The zero-order valence-corrected chi connectivity index (χ0v) is 11.0. The minimum Gasteiger partial charge on any atom is -0.396 e. The molecule has 0 bridgehead atoms. The number of nitrogen functional groups attached to an aromatic ring is 1. The average molecular weight is 330 g/mol. The Balaban J connectivity index is 2.49. The monoisotopic (exact) mass is 329 g/mol. The van der Waals surface area contributed by atoms with Crippen LogP contribution in [0.3, 0.4) is 0 Å². The van der Waals surface area contributed by atoms with E-state index in [1.165, 1.54) is 0 Å². The lowest BCUT2D eigenvalue weighted by Crippen LogP contribution is -2.05. The molecular weight excluding hydrogens is 323 g/mol. The quantitative estimate of drug-likeness (QED) is 0.674. The molecule has 0 unspecified atom stereocenters. The van der Waals surface area contributed by atoms with Crippen molar-refractivity contribution in [1.82, 2.24) is 0 Å². The van der Waals surface area contributed by atoms with Crippen LogP contribution in [0.4, 0.5) is 18.9 Å². The molecule has 0 amide bonds. The van der Waals surface area contributed by atoms with Gasteiger partial charge in [-0.2, -0.15) is 0 Å². The van der Waals surface area contributed by atoms with Gasteiger partial charge in [0.2, 0.25) is 0 Å². The minimum atomic E-state index is -1.13. The fourth-order valence-corrected chi connectivity index (χ4v) is 2.03. The van der Waals surface area contributed by atoms with Gasteiger partial charge >= 0.3 is 0 Å². The molecule has 98 valence electrons. The van der Waals surface area contributed by atoms with Gasteiger partial charge in [-0.1, -0.05) is 0 Å². The van der Waals surface area contributed by atoms with Gasteiger partial charge in [-0.15, -0.1) is 0 Å². The Morgan fingerprint density at radius 1 is 1.00 bits per heavy atom. The third-order valence-corrected chi connectivity index (χ3v) is 3.17.